The van der Waals surface area contributed by atoms with Crippen LogP contribution in [-0.4, -0.2) is 65.5 Å². The van der Waals surface area contributed by atoms with Gasteiger partial charge >= 0.3 is 12.1 Å². The van der Waals surface area contributed by atoms with Gasteiger partial charge in [-0.25, -0.2) is 14.3 Å². The topological polar surface area (TPSA) is 118 Å². The second kappa shape index (κ2) is 9.14. The molecule has 162 valence electrons. The largest absolute Gasteiger partial charge is 0.465 e. The minimum absolute atomic E-state index is 0.153. The number of carboxylic acid groups (broad SMARTS) is 1. The van der Waals surface area contributed by atoms with Crippen molar-refractivity contribution in [3.63, 3.8) is 0 Å². The first-order valence-corrected chi connectivity index (χ1v) is 9.60. The van der Waals surface area contributed by atoms with Crippen LogP contribution >= 0.6 is 0 Å². The molecule has 0 saturated heterocycles. The number of nitrogens with zero attached hydrogens (tertiary/aromatic N) is 3. The first-order chi connectivity index (χ1) is 14.3. The third kappa shape index (κ3) is 4.71. The number of benzene rings is 1. The number of urea groups is 1. The van der Waals surface area contributed by atoms with Crippen molar-refractivity contribution in [2.24, 2.45) is 0 Å². The Morgan fingerprint density at radius 2 is 1.87 bits per heavy atom. The number of hydrogen-bond acceptors (Lipinski definition) is 5. The van der Waals surface area contributed by atoms with E-state index in [-0.39, 0.29) is 13.1 Å². The molecular formula is C20H27N5O5. The Hall–Kier alpha value is -3.11. The van der Waals surface area contributed by atoms with E-state index in [1.165, 1.54) is 19.1 Å². The normalized spacial score (nSPS) is 13.3. The summed E-state index contributed by atoms with van der Waals surface area (Å²) >= 11 is 0. The zero-order chi connectivity index (χ0) is 21.8. The van der Waals surface area contributed by atoms with Gasteiger partial charge in [0.25, 0.3) is 0 Å². The highest BCUT2D eigenvalue weighted by atomic mass is 16.7. The van der Waals surface area contributed by atoms with Gasteiger partial charge in [-0.2, -0.15) is 5.10 Å². The van der Waals surface area contributed by atoms with Crippen molar-refractivity contribution in [3.8, 4) is 5.69 Å². The summed E-state index contributed by atoms with van der Waals surface area (Å²) in [6.07, 6.45) is -1.10. The molecule has 2 heterocycles. The Kier molecular flexibility index (Phi) is 6.58. The summed E-state index contributed by atoms with van der Waals surface area (Å²) in [6, 6.07) is 5.52. The lowest BCUT2D eigenvalue weighted by atomic mass is 10.1. The number of aryl methyl sites for hydroxylation is 2. The number of nitrogens with one attached hydrogen (secondary N) is 2. The highest BCUT2D eigenvalue weighted by Gasteiger charge is 2.28. The van der Waals surface area contributed by atoms with E-state index in [4.69, 9.17) is 9.47 Å². The number of anilines is 1. The van der Waals surface area contributed by atoms with E-state index < -0.39 is 18.4 Å². The maximum Gasteiger partial charge on any atom is 0.407 e. The molecule has 0 bridgehead atoms. The van der Waals surface area contributed by atoms with E-state index in [1.54, 1.807) is 4.68 Å². The molecule has 0 spiro atoms. The van der Waals surface area contributed by atoms with Crippen molar-refractivity contribution < 1.29 is 24.2 Å². The molecule has 0 saturated carbocycles. The van der Waals surface area contributed by atoms with Crippen LogP contribution in [0.4, 0.5) is 15.4 Å². The van der Waals surface area contributed by atoms with Crippen LogP contribution in [0.3, 0.4) is 0 Å². The highest BCUT2D eigenvalue weighted by Crippen LogP contribution is 2.29. The summed E-state index contributed by atoms with van der Waals surface area (Å²) in [4.78, 5) is 25.3. The third-order valence-corrected chi connectivity index (χ3v) is 4.94. The number of rotatable bonds is 6. The molecule has 10 heteroatoms. The van der Waals surface area contributed by atoms with Crippen LogP contribution in [0.1, 0.15) is 22.4 Å². The molecule has 0 radical (unpaired) electrons. The van der Waals surface area contributed by atoms with E-state index in [9.17, 15) is 14.7 Å². The van der Waals surface area contributed by atoms with Gasteiger partial charge in [-0.05, 0) is 37.1 Å². The Morgan fingerprint density at radius 3 is 2.47 bits per heavy atom. The highest BCUT2D eigenvalue weighted by molar-refractivity contribution is 5.90. The molecular weight excluding hydrogens is 390 g/mol. The van der Waals surface area contributed by atoms with E-state index >= 15 is 0 Å². The molecule has 0 aliphatic carbocycles. The molecule has 0 unspecified atom stereocenters. The summed E-state index contributed by atoms with van der Waals surface area (Å²) in [7, 11) is 2.97. The van der Waals surface area contributed by atoms with Gasteiger partial charge in [0.2, 0.25) is 0 Å². The fourth-order valence-corrected chi connectivity index (χ4v) is 3.52. The molecule has 0 atom stereocenters. The van der Waals surface area contributed by atoms with Crippen molar-refractivity contribution in [2.75, 3.05) is 32.6 Å². The quantitative estimate of drug-likeness (QED) is 0.621. The van der Waals surface area contributed by atoms with Crippen LogP contribution in [0, 0.1) is 13.8 Å². The Morgan fingerprint density at radius 1 is 1.20 bits per heavy atom. The van der Waals surface area contributed by atoms with Crippen LogP contribution in [0.2, 0.25) is 0 Å². The summed E-state index contributed by atoms with van der Waals surface area (Å²) < 4.78 is 11.8. The molecule has 3 rings (SSSR count). The maximum absolute atomic E-state index is 12.6. The number of fused-ring (bicyclic) bond motifs is 1. The smallest absolute Gasteiger partial charge is 0.407 e. The molecule has 1 aromatic heterocycles. The van der Waals surface area contributed by atoms with E-state index in [2.05, 4.69) is 21.8 Å². The van der Waals surface area contributed by atoms with Gasteiger partial charge < -0.3 is 24.8 Å². The third-order valence-electron chi connectivity index (χ3n) is 4.94. The number of ether oxygens (including phenoxy) is 2. The number of methoxy groups -OCH3 is 2. The van der Waals surface area contributed by atoms with E-state index in [0.717, 1.165) is 22.5 Å². The molecule has 1 aliphatic rings. The van der Waals surface area contributed by atoms with Gasteiger partial charge in [0.15, 0.2) is 6.29 Å². The zero-order valence-electron chi connectivity index (χ0n) is 17.6. The number of amides is 3. The average molecular weight is 417 g/mol. The minimum Gasteiger partial charge on any atom is -0.465 e. The summed E-state index contributed by atoms with van der Waals surface area (Å²) in [5, 5.41) is 19.6. The lowest BCUT2D eigenvalue weighted by Crippen LogP contribution is -2.38. The van der Waals surface area contributed by atoms with Gasteiger partial charge in [0.05, 0.1) is 24.5 Å². The first kappa shape index (κ1) is 21.6. The van der Waals surface area contributed by atoms with Gasteiger partial charge in [0.1, 0.15) is 5.82 Å². The van der Waals surface area contributed by atoms with Gasteiger partial charge in [-0.15, -0.1) is 0 Å². The molecule has 3 amide bonds. The predicted molar refractivity (Wildman–Crippen MR) is 110 cm³/mol. The van der Waals surface area contributed by atoms with Gasteiger partial charge in [-0.3, -0.25) is 5.32 Å². The average Bonchev–Trinajstić information content (AvgIpc) is 3.05. The maximum atomic E-state index is 12.6. The second-order valence-corrected chi connectivity index (χ2v) is 7.22. The van der Waals surface area contributed by atoms with Crippen molar-refractivity contribution in [1.29, 1.82) is 0 Å². The fraction of sp³-hybridized carbons (Fsp3) is 0.450. The van der Waals surface area contributed by atoms with Crippen molar-refractivity contribution in [1.82, 2.24) is 20.0 Å². The molecule has 0 fully saturated rings. The molecule has 1 aromatic carbocycles. The SMILES string of the molecule is COC(CNC(=O)Nc1c2c(nn1-c1cc(C)cc(C)c1)CCN(C(=O)O)C2)OC. The van der Waals surface area contributed by atoms with Crippen molar-refractivity contribution in [3.05, 3.63) is 40.6 Å². The molecule has 3 N–H and O–H groups in total. The van der Waals surface area contributed by atoms with Gasteiger partial charge in [0, 0.05) is 32.7 Å². The number of hydrogen-bond donors (Lipinski definition) is 3. The monoisotopic (exact) mass is 417 g/mol. The molecule has 30 heavy (non-hydrogen) atoms. The Bertz CT molecular complexity index is 918. The number of aromatic nitrogens is 2. The minimum atomic E-state index is -1.00. The van der Waals surface area contributed by atoms with Crippen LogP contribution in [0.5, 0.6) is 0 Å². The van der Waals surface area contributed by atoms with Crippen molar-refractivity contribution in [2.45, 2.75) is 33.1 Å². The zero-order valence-corrected chi connectivity index (χ0v) is 17.6. The van der Waals surface area contributed by atoms with E-state index in [1.807, 2.05) is 26.0 Å². The molecule has 10 nitrogen and oxygen atoms in total. The molecule has 2 aromatic rings. The van der Waals surface area contributed by atoms with Crippen LogP contribution in [0.25, 0.3) is 5.69 Å². The number of carbonyl (C=O) groups excluding carboxylic acids is 1. The second-order valence-electron chi connectivity index (χ2n) is 7.22. The summed E-state index contributed by atoms with van der Waals surface area (Å²) in [6.45, 7) is 4.65. The van der Waals surface area contributed by atoms with Crippen LogP contribution in [0.15, 0.2) is 18.2 Å². The van der Waals surface area contributed by atoms with Crippen LogP contribution < -0.4 is 10.6 Å². The predicted octanol–water partition coefficient (Wildman–Crippen LogP) is 2.27. The Balaban J connectivity index is 1.95. The van der Waals surface area contributed by atoms with E-state index in [0.29, 0.717) is 24.3 Å². The lowest BCUT2D eigenvalue weighted by molar-refractivity contribution is -0.0970. The first-order valence-electron chi connectivity index (χ1n) is 9.60. The van der Waals surface area contributed by atoms with Crippen molar-refractivity contribution >= 4 is 17.9 Å². The standard InChI is InChI=1S/C20H27N5O5/c1-12-7-13(2)9-14(8-12)25-18(22-19(26)21-10-17(29-3)30-4)15-11-24(20(27)28)6-5-16(15)23-25/h7-9,17H,5-6,10-11H2,1-4H3,(H,27,28)(H2,21,22,26). The van der Waals surface area contributed by atoms with Crippen LogP contribution in [-0.2, 0) is 22.4 Å². The fourth-order valence-electron chi connectivity index (χ4n) is 3.52. The molecule has 1 aliphatic heterocycles. The Labute approximate surface area is 174 Å². The number of carbonyl (C=O) groups is 2. The summed E-state index contributed by atoms with van der Waals surface area (Å²) in [5.41, 5.74) is 4.38. The van der Waals surface area contributed by atoms with Gasteiger partial charge in [-0.1, -0.05) is 6.07 Å². The lowest BCUT2D eigenvalue weighted by Gasteiger charge is -2.24. The summed E-state index contributed by atoms with van der Waals surface area (Å²) in [5.74, 6) is 0.449.